The molecule has 0 rings (SSSR count). The van der Waals surface area contributed by atoms with E-state index in [4.69, 9.17) is 13.7 Å². The van der Waals surface area contributed by atoms with Crippen molar-refractivity contribution >= 4 is 20.0 Å². The maximum atomic E-state index is 9.11. The van der Waals surface area contributed by atoms with Crippen molar-refractivity contribution in [3.63, 3.8) is 0 Å². The summed E-state index contributed by atoms with van der Waals surface area (Å²) in [4.78, 5) is 7.87. The van der Waals surface area contributed by atoms with Gasteiger partial charge in [0.1, 0.15) is 0 Å². The summed E-state index contributed by atoms with van der Waals surface area (Å²) in [5.74, 6) is 0. The quantitative estimate of drug-likeness (QED) is 0.448. The molecule has 1 N–H and O–H groups in total. The van der Waals surface area contributed by atoms with E-state index < -0.39 is 20.0 Å². The molecule has 0 aromatic carbocycles. The van der Waals surface area contributed by atoms with Crippen molar-refractivity contribution in [2.75, 3.05) is 0 Å². The number of carboxylic acid groups (broad SMARTS) is 1. The van der Waals surface area contributed by atoms with Crippen LogP contribution in [0.15, 0.2) is 0 Å². The van der Waals surface area contributed by atoms with Crippen molar-refractivity contribution in [3.8, 4) is 0 Å². The third-order valence-electron chi connectivity index (χ3n) is 0.101. The van der Waals surface area contributed by atoms with Crippen LogP contribution in [0.25, 0.3) is 0 Å². The van der Waals surface area contributed by atoms with Crippen LogP contribution >= 0.6 is 0 Å². The van der Waals surface area contributed by atoms with Crippen molar-refractivity contribution in [3.05, 3.63) is 0 Å². The Morgan fingerprint density at radius 2 is 2.00 bits per heavy atom. The fraction of sp³-hybridized carbons (Fsp3) is 0. The fourth-order valence-corrected chi connectivity index (χ4v) is 0. The van der Waals surface area contributed by atoms with Crippen LogP contribution in [0.1, 0.15) is 0 Å². The molecule has 0 atom stereocenters. The van der Waals surface area contributed by atoms with Gasteiger partial charge in [-0.25, -0.2) is 0 Å². The molecule has 0 saturated heterocycles. The van der Waals surface area contributed by atoms with Crippen molar-refractivity contribution < 1.29 is 13.7 Å². The molecule has 0 aliphatic rings. The van der Waals surface area contributed by atoms with E-state index in [0.717, 1.165) is 0 Å². The predicted octanol–water partition coefficient (Wildman–Crippen LogP) is -0.286. The first-order chi connectivity index (χ1) is 2.27. The van der Waals surface area contributed by atoms with Gasteiger partial charge in [0, 0.05) is 0 Å². The minimum absolute atomic E-state index is 1.22. The summed E-state index contributed by atoms with van der Waals surface area (Å²) >= 11 is -1.60. The van der Waals surface area contributed by atoms with Crippen LogP contribution in [0.5, 0.6) is 0 Å². The average molecular weight is 88.0 g/mol. The van der Waals surface area contributed by atoms with Crippen molar-refractivity contribution in [2.24, 2.45) is 0 Å². The number of hydrogen-bond acceptors (Lipinski definition) is 2. The van der Waals surface area contributed by atoms with E-state index in [1.165, 1.54) is 0 Å². The Morgan fingerprint density at radius 3 is 2.00 bits per heavy atom. The van der Waals surface area contributed by atoms with Gasteiger partial charge in [0.25, 0.3) is 0 Å². The summed E-state index contributed by atoms with van der Waals surface area (Å²) in [6.45, 7) is 0. The molecule has 3 nitrogen and oxygen atoms in total. The Hall–Kier alpha value is -0.198. The van der Waals surface area contributed by atoms with Gasteiger partial charge in [0.15, 0.2) is 0 Å². The third kappa shape index (κ3) is 3.80. The van der Waals surface area contributed by atoms with E-state index in [1.807, 2.05) is 0 Å². The SMILES string of the molecule is [O]=[Al][C](=O)O. The van der Waals surface area contributed by atoms with Gasteiger partial charge in [-0.15, -0.1) is 0 Å². The zero-order valence-corrected chi connectivity index (χ0v) is 3.50. The number of rotatable bonds is 1. The van der Waals surface area contributed by atoms with Gasteiger partial charge in [0.05, 0.1) is 0 Å². The molecule has 0 aliphatic carbocycles. The van der Waals surface area contributed by atoms with E-state index in [1.54, 1.807) is 0 Å². The van der Waals surface area contributed by atoms with Crippen LogP contribution in [0.2, 0.25) is 0 Å². The Kier molecular flexibility index (Phi) is 1.98. The molecule has 0 aliphatic heterocycles. The van der Waals surface area contributed by atoms with E-state index in [9.17, 15) is 0 Å². The van der Waals surface area contributed by atoms with Crippen LogP contribution in [0.3, 0.4) is 0 Å². The van der Waals surface area contributed by atoms with Crippen LogP contribution in [0, 0.1) is 0 Å². The van der Waals surface area contributed by atoms with E-state index >= 15 is 0 Å². The number of hydrogen-bond donors (Lipinski definition) is 1. The zero-order valence-electron chi connectivity index (χ0n) is 2.34. The zero-order chi connectivity index (χ0) is 4.28. The predicted molar refractivity (Wildman–Crippen MR) is 14.5 cm³/mol. The Bertz CT molecular complexity index is 57.9. The normalized spacial score (nSPS) is 5.60. The van der Waals surface area contributed by atoms with Crippen molar-refractivity contribution in [1.82, 2.24) is 0 Å². The summed E-state index contributed by atoms with van der Waals surface area (Å²) in [6, 6.07) is 0. The molecule has 0 aromatic heterocycles. The van der Waals surface area contributed by atoms with Gasteiger partial charge in [-0.1, -0.05) is 0 Å². The third-order valence-corrected chi connectivity index (χ3v) is 0.302. The second-order valence-corrected chi connectivity index (χ2v) is 1.19. The molecule has 0 radical (unpaired) electrons. The molecule has 0 fully saturated rings. The van der Waals surface area contributed by atoms with Crippen molar-refractivity contribution in [1.29, 1.82) is 0 Å². The molecule has 4 heteroatoms. The van der Waals surface area contributed by atoms with Crippen LogP contribution < -0.4 is 0 Å². The fourth-order valence-electron chi connectivity index (χ4n) is 0. The second kappa shape index (κ2) is 2.07. The van der Waals surface area contributed by atoms with Gasteiger partial charge in [-0.05, 0) is 0 Å². The Morgan fingerprint density at radius 1 is 1.80 bits per heavy atom. The molecular formula is CHAlO3. The summed E-state index contributed by atoms with van der Waals surface area (Å²) in [5, 5.41) is 7.45. The first kappa shape index (κ1) is 4.80. The first-order valence-electron chi connectivity index (χ1n) is 0.952. The van der Waals surface area contributed by atoms with Gasteiger partial charge >= 0.3 is 33.7 Å². The summed E-state index contributed by atoms with van der Waals surface area (Å²) in [6.07, 6.45) is 0. The molecule has 0 saturated carbocycles. The summed E-state index contributed by atoms with van der Waals surface area (Å²) in [7, 11) is 0. The molecule has 26 valence electrons. The molecule has 0 unspecified atom stereocenters. The molecule has 0 aromatic rings. The molecular weight excluding hydrogens is 87.0 g/mol. The van der Waals surface area contributed by atoms with E-state index in [-0.39, 0.29) is 0 Å². The van der Waals surface area contributed by atoms with Gasteiger partial charge in [0.2, 0.25) is 0 Å². The molecule has 0 heterocycles. The van der Waals surface area contributed by atoms with Gasteiger partial charge in [-0.2, -0.15) is 0 Å². The molecule has 0 spiro atoms. The molecule has 0 bridgehead atoms. The molecule has 5 heavy (non-hydrogen) atoms. The van der Waals surface area contributed by atoms with Crippen LogP contribution in [-0.2, 0) is 3.80 Å². The van der Waals surface area contributed by atoms with E-state index in [0.29, 0.717) is 0 Å². The van der Waals surface area contributed by atoms with Crippen LogP contribution in [0.4, 0.5) is 4.79 Å². The molecule has 0 amide bonds. The van der Waals surface area contributed by atoms with E-state index in [2.05, 4.69) is 0 Å². The Labute approximate surface area is 34.5 Å². The Balaban J connectivity index is 3.20. The monoisotopic (exact) mass is 88.0 g/mol. The van der Waals surface area contributed by atoms with Gasteiger partial charge < -0.3 is 0 Å². The summed E-state index contributed by atoms with van der Waals surface area (Å²) < 4.78 is 9.11. The van der Waals surface area contributed by atoms with Gasteiger partial charge in [-0.3, -0.25) is 0 Å². The minimum atomic E-state index is -1.60. The first-order valence-corrected chi connectivity index (χ1v) is 2.00. The van der Waals surface area contributed by atoms with Crippen LogP contribution in [-0.4, -0.2) is 25.1 Å². The maximum absolute atomic E-state index is 9.11. The average Bonchev–Trinajstić information content (AvgIpc) is 1.38. The number of carbonyl (C=O) groups is 1. The summed E-state index contributed by atoms with van der Waals surface area (Å²) in [5.41, 5.74) is 0. The second-order valence-electron chi connectivity index (χ2n) is 0.456. The standard InChI is InChI=1S/CHO2.Al.O/c2-1-3;;/h(H,2,3);;. The topological polar surface area (TPSA) is 54.4 Å². The van der Waals surface area contributed by atoms with Crippen molar-refractivity contribution in [2.45, 2.75) is 0 Å².